The molecule has 0 atom stereocenters. The number of benzene rings is 1. The van der Waals surface area contributed by atoms with Crippen molar-refractivity contribution >= 4 is 39.7 Å². The minimum atomic E-state index is 0.592. The lowest BCUT2D eigenvalue weighted by atomic mass is 10.0. The molecule has 1 heterocycles. The number of aromatic nitrogens is 2. The maximum Gasteiger partial charge on any atom is 0.139 e. The first-order valence-electron chi connectivity index (χ1n) is 6.70. The van der Waals surface area contributed by atoms with Crippen LogP contribution in [0.25, 0.3) is 11.4 Å². The van der Waals surface area contributed by atoms with E-state index in [0.717, 1.165) is 15.9 Å². The van der Waals surface area contributed by atoms with Gasteiger partial charge in [-0.05, 0) is 59.0 Å². The van der Waals surface area contributed by atoms with Crippen LogP contribution >= 0.6 is 39.7 Å². The summed E-state index contributed by atoms with van der Waals surface area (Å²) in [6.07, 6.45) is 5.07. The van der Waals surface area contributed by atoms with E-state index in [-0.39, 0.29) is 0 Å². The fourth-order valence-corrected chi connectivity index (χ4v) is 3.43. The number of halogens is 2. The smallest absolute Gasteiger partial charge is 0.139 e. The highest BCUT2D eigenvalue weighted by Crippen LogP contribution is 2.34. The SMILES string of the molecule is S=c1cc(C2CCCC2)[nH]c(-c2ccc(Cl)c(Br)c2)n1. The molecule has 0 saturated heterocycles. The van der Waals surface area contributed by atoms with Gasteiger partial charge in [-0.15, -0.1) is 0 Å². The van der Waals surface area contributed by atoms with Gasteiger partial charge in [-0.3, -0.25) is 0 Å². The zero-order valence-corrected chi connectivity index (χ0v) is 14.0. The predicted molar refractivity (Wildman–Crippen MR) is 88.8 cm³/mol. The topological polar surface area (TPSA) is 28.7 Å². The zero-order chi connectivity index (χ0) is 14.1. The number of nitrogens with one attached hydrogen (secondary N) is 1. The van der Waals surface area contributed by atoms with Crippen LogP contribution in [-0.2, 0) is 0 Å². The Bertz CT molecular complexity index is 693. The molecule has 0 aliphatic heterocycles. The average Bonchev–Trinajstić information content (AvgIpc) is 2.95. The van der Waals surface area contributed by atoms with Gasteiger partial charge in [-0.1, -0.05) is 36.7 Å². The van der Waals surface area contributed by atoms with E-state index >= 15 is 0 Å². The minimum absolute atomic E-state index is 0.592. The van der Waals surface area contributed by atoms with Crippen molar-refractivity contribution in [2.75, 3.05) is 0 Å². The van der Waals surface area contributed by atoms with Crippen LogP contribution in [0, 0.1) is 4.64 Å². The molecular formula is C15H14BrClN2S. The van der Waals surface area contributed by atoms with Crippen LogP contribution in [-0.4, -0.2) is 9.97 Å². The fourth-order valence-electron chi connectivity index (χ4n) is 2.71. The summed E-state index contributed by atoms with van der Waals surface area (Å²) in [4.78, 5) is 7.89. The normalized spacial score (nSPS) is 15.7. The highest BCUT2D eigenvalue weighted by molar-refractivity contribution is 9.10. The molecule has 0 spiro atoms. The summed E-state index contributed by atoms with van der Waals surface area (Å²) >= 11 is 14.8. The van der Waals surface area contributed by atoms with Crippen molar-refractivity contribution in [2.24, 2.45) is 0 Å². The molecule has 5 heteroatoms. The molecule has 20 heavy (non-hydrogen) atoms. The summed E-state index contributed by atoms with van der Waals surface area (Å²) in [7, 11) is 0. The van der Waals surface area contributed by atoms with Crippen molar-refractivity contribution in [2.45, 2.75) is 31.6 Å². The molecule has 0 amide bonds. The summed E-state index contributed by atoms with van der Waals surface area (Å²) in [5.41, 5.74) is 2.20. The van der Waals surface area contributed by atoms with E-state index in [1.165, 1.54) is 31.4 Å². The molecule has 1 fully saturated rings. The van der Waals surface area contributed by atoms with Gasteiger partial charge in [0, 0.05) is 15.7 Å². The van der Waals surface area contributed by atoms with Gasteiger partial charge in [0.05, 0.1) is 5.02 Å². The Labute approximate surface area is 136 Å². The van der Waals surface area contributed by atoms with Gasteiger partial charge in [0.25, 0.3) is 0 Å². The van der Waals surface area contributed by atoms with Crippen LogP contribution in [0.3, 0.4) is 0 Å². The van der Waals surface area contributed by atoms with Gasteiger partial charge in [0.2, 0.25) is 0 Å². The maximum atomic E-state index is 6.04. The average molecular weight is 370 g/mol. The quantitative estimate of drug-likeness (QED) is 0.670. The van der Waals surface area contributed by atoms with Crippen molar-refractivity contribution in [1.29, 1.82) is 0 Å². The standard InChI is InChI=1S/C15H14BrClN2S/c16-11-7-10(5-6-12(11)17)15-18-13(8-14(20)19-15)9-3-1-2-4-9/h5-9H,1-4H2,(H,18,19,20). The first-order chi connectivity index (χ1) is 9.63. The molecule has 2 nitrogen and oxygen atoms in total. The molecule has 1 aliphatic carbocycles. The van der Waals surface area contributed by atoms with Gasteiger partial charge >= 0.3 is 0 Å². The Morgan fingerprint density at radius 1 is 1.25 bits per heavy atom. The van der Waals surface area contributed by atoms with E-state index in [1.807, 2.05) is 24.3 Å². The molecular weight excluding hydrogens is 356 g/mol. The Hall–Kier alpha value is -0.710. The van der Waals surface area contributed by atoms with Gasteiger partial charge in [0.1, 0.15) is 10.5 Å². The summed E-state index contributed by atoms with van der Waals surface area (Å²) < 4.78 is 1.51. The number of rotatable bonds is 2. The molecule has 1 aliphatic rings. The largest absolute Gasteiger partial charge is 0.343 e. The van der Waals surface area contributed by atoms with Crippen LogP contribution in [0.2, 0.25) is 5.02 Å². The van der Waals surface area contributed by atoms with E-state index in [4.69, 9.17) is 23.8 Å². The summed E-state index contributed by atoms with van der Waals surface area (Å²) in [5.74, 6) is 1.41. The number of H-pyrrole nitrogens is 1. The first kappa shape index (κ1) is 14.2. The highest BCUT2D eigenvalue weighted by Gasteiger charge is 2.18. The Balaban J connectivity index is 2.04. The monoisotopic (exact) mass is 368 g/mol. The van der Waals surface area contributed by atoms with Crippen LogP contribution in [0.15, 0.2) is 28.7 Å². The number of nitrogens with zero attached hydrogens (tertiary/aromatic N) is 1. The summed E-state index contributed by atoms with van der Waals surface area (Å²) in [5, 5.41) is 0.694. The Morgan fingerprint density at radius 3 is 2.70 bits per heavy atom. The van der Waals surface area contributed by atoms with Gasteiger partial charge < -0.3 is 4.98 Å². The zero-order valence-electron chi connectivity index (χ0n) is 10.8. The lowest BCUT2D eigenvalue weighted by Crippen LogP contribution is -2.00. The van der Waals surface area contributed by atoms with Crippen molar-refractivity contribution < 1.29 is 0 Å². The van der Waals surface area contributed by atoms with E-state index in [9.17, 15) is 0 Å². The Morgan fingerprint density at radius 2 is 2.00 bits per heavy atom. The van der Waals surface area contributed by atoms with Gasteiger partial charge in [0.15, 0.2) is 0 Å². The number of hydrogen-bond donors (Lipinski definition) is 1. The molecule has 0 radical (unpaired) electrons. The van der Waals surface area contributed by atoms with Crippen LogP contribution in [0.1, 0.15) is 37.3 Å². The third-order valence-electron chi connectivity index (χ3n) is 3.75. The van der Waals surface area contributed by atoms with E-state index in [0.29, 0.717) is 15.6 Å². The minimum Gasteiger partial charge on any atom is -0.343 e. The summed E-state index contributed by atoms with van der Waals surface area (Å²) in [6.45, 7) is 0. The molecule has 1 aromatic carbocycles. The van der Waals surface area contributed by atoms with E-state index < -0.39 is 0 Å². The molecule has 2 aromatic rings. The van der Waals surface area contributed by atoms with Gasteiger partial charge in [-0.25, -0.2) is 4.98 Å². The summed E-state index contributed by atoms with van der Waals surface area (Å²) in [6, 6.07) is 7.79. The van der Waals surface area contributed by atoms with Crippen LogP contribution in [0.4, 0.5) is 0 Å². The molecule has 104 valence electrons. The third kappa shape index (κ3) is 2.97. The van der Waals surface area contributed by atoms with Crippen molar-refractivity contribution in [1.82, 2.24) is 9.97 Å². The first-order valence-corrected chi connectivity index (χ1v) is 8.28. The lowest BCUT2D eigenvalue weighted by Gasteiger charge is -2.12. The van der Waals surface area contributed by atoms with E-state index in [2.05, 4.69) is 25.9 Å². The van der Waals surface area contributed by atoms with Crippen molar-refractivity contribution in [3.8, 4) is 11.4 Å². The fraction of sp³-hybridized carbons (Fsp3) is 0.333. The second-order valence-corrected chi connectivity index (χ2v) is 6.81. The molecule has 3 rings (SSSR count). The highest BCUT2D eigenvalue weighted by atomic mass is 79.9. The predicted octanol–water partition coefficient (Wildman–Crippen LogP) is 5.88. The van der Waals surface area contributed by atoms with Crippen molar-refractivity contribution in [3.63, 3.8) is 0 Å². The molecule has 1 saturated carbocycles. The van der Waals surface area contributed by atoms with Crippen LogP contribution in [0.5, 0.6) is 0 Å². The van der Waals surface area contributed by atoms with Gasteiger partial charge in [-0.2, -0.15) is 0 Å². The Kier molecular flexibility index (Phi) is 4.24. The number of hydrogen-bond acceptors (Lipinski definition) is 2. The lowest BCUT2D eigenvalue weighted by molar-refractivity contribution is 0.694. The number of aromatic amines is 1. The van der Waals surface area contributed by atoms with E-state index in [1.54, 1.807) is 0 Å². The molecule has 0 bridgehead atoms. The van der Waals surface area contributed by atoms with Crippen molar-refractivity contribution in [3.05, 3.63) is 44.1 Å². The molecule has 1 aromatic heterocycles. The molecule has 1 N–H and O–H groups in total. The maximum absolute atomic E-state index is 6.04. The van der Waals surface area contributed by atoms with Crippen LogP contribution < -0.4 is 0 Å². The second kappa shape index (κ2) is 5.96. The molecule has 0 unspecified atom stereocenters. The second-order valence-electron chi connectivity index (χ2n) is 5.13. The third-order valence-corrected chi connectivity index (χ3v) is 5.17.